The number of methoxy groups -OCH3 is 1. The van der Waals surface area contributed by atoms with Gasteiger partial charge in [-0.2, -0.15) is 0 Å². The van der Waals surface area contributed by atoms with E-state index in [-0.39, 0.29) is 5.91 Å². The van der Waals surface area contributed by atoms with Crippen molar-refractivity contribution in [3.8, 4) is 5.75 Å². The molecule has 0 radical (unpaired) electrons. The predicted octanol–water partition coefficient (Wildman–Crippen LogP) is 2.65. The lowest BCUT2D eigenvalue weighted by Crippen LogP contribution is -2.39. The summed E-state index contributed by atoms with van der Waals surface area (Å²) in [5, 5.41) is 3.39. The van der Waals surface area contributed by atoms with Gasteiger partial charge < -0.3 is 19.9 Å². The number of aliphatic imine (C=N–C) groups is 1. The number of rotatable bonds is 7. The van der Waals surface area contributed by atoms with Gasteiger partial charge in [0.25, 0.3) is 5.91 Å². The van der Waals surface area contributed by atoms with Crippen molar-refractivity contribution in [3.63, 3.8) is 0 Å². The summed E-state index contributed by atoms with van der Waals surface area (Å²) in [6.07, 6.45) is 0.809. The highest BCUT2D eigenvalue weighted by atomic mass is 16.5. The quantitative estimate of drug-likeness (QED) is 0.591. The first kappa shape index (κ1) is 21.3. The van der Waals surface area contributed by atoms with Gasteiger partial charge in [0, 0.05) is 46.8 Å². The van der Waals surface area contributed by atoms with Gasteiger partial charge in [-0.25, -0.2) is 0 Å². The SMILES string of the molecule is CN=C(NCCc1cccc(C(=O)N(C)C)c1)N(C)Cc1ccc(OC)cc1. The molecule has 28 heavy (non-hydrogen) atoms. The third kappa shape index (κ3) is 6.01. The van der Waals surface area contributed by atoms with Gasteiger partial charge in [-0.15, -0.1) is 0 Å². The molecule has 0 fully saturated rings. The minimum absolute atomic E-state index is 0.0184. The number of nitrogens with one attached hydrogen (secondary N) is 1. The Morgan fingerprint density at radius 1 is 1.07 bits per heavy atom. The molecule has 6 nitrogen and oxygen atoms in total. The van der Waals surface area contributed by atoms with Gasteiger partial charge >= 0.3 is 0 Å². The number of guanidine groups is 1. The number of nitrogens with zero attached hydrogens (tertiary/aromatic N) is 3. The van der Waals surface area contributed by atoms with Crippen LogP contribution in [0.5, 0.6) is 5.75 Å². The summed E-state index contributed by atoms with van der Waals surface area (Å²) in [6.45, 7) is 1.48. The van der Waals surface area contributed by atoms with Crippen molar-refractivity contribution >= 4 is 11.9 Å². The lowest BCUT2D eigenvalue weighted by molar-refractivity contribution is 0.0827. The monoisotopic (exact) mass is 382 g/mol. The lowest BCUT2D eigenvalue weighted by Gasteiger charge is -2.22. The number of hydrogen-bond donors (Lipinski definition) is 1. The van der Waals surface area contributed by atoms with Gasteiger partial charge in [-0.1, -0.05) is 24.3 Å². The van der Waals surface area contributed by atoms with Crippen LogP contribution in [-0.4, -0.2) is 63.5 Å². The van der Waals surface area contributed by atoms with E-state index in [0.29, 0.717) is 5.56 Å². The van der Waals surface area contributed by atoms with Gasteiger partial charge in [-0.05, 0) is 41.8 Å². The summed E-state index contributed by atoms with van der Waals surface area (Å²) in [5.74, 6) is 1.70. The fourth-order valence-corrected chi connectivity index (χ4v) is 2.90. The molecule has 0 atom stereocenters. The summed E-state index contributed by atoms with van der Waals surface area (Å²) >= 11 is 0. The fraction of sp³-hybridized carbons (Fsp3) is 0.364. The first-order valence-electron chi connectivity index (χ1n) is 9.30. The van der Waals surface area contributed by atoms with Crippen molar-refractivity contribution in [3.05, 3.63) is 65.2 Å². The average Bonchev–Trinajstić information content (AvgIpc) is 2.71. The van der Waals surface area contributed by atoms with Crippen molar-refractivity contribution in [2.45, 2.75) is 13.0 Å². The Kier molecular flexibility index (Phi) is 7.87. The van der Waals surface area contributed by atoms with Gasteiger partial charge in [0.1, 0.15) is 5.75 Å². The van der Waals surface area contributed by atoms with Crippen LogP contribution in [0, 0.1) is 0 Å². The van der Waals surface area contributed by atoms with E-state index in [1.807, 2.05) is 43.4 Å². The number of hydrogen-bond acceptors (Lipinski definition) is 3. The zero-order valence-corrected chi connectivity index (χ0v) is 17.4. The largest absolute Gasteiger partial charge is 0.497 e. The molecule has 2 rings (SSSR count). The molecular weight excluding hydrogens is 352 g/mol. The van der Waals surface area contributed by atoms with Gasteiger partial charge in [0.05, 0.1) is 7.11 Å². The maximum absolute atomic E-state index is 12.1. The normalized spacial score (nSPS) is 11.1. The molecule has 0 heterocycles. The molecule has 0 saturated heterocycles. The molecule has 2 aromatic rings. The Labute approximate surface area is 167 Å². The van der Waals surface area contributed by atoms with E-state index in [1.54, 1.807) is 33.2 Å². The fourth-order valence-electron chi connectivity index (χ4n) is 2.90. The second-order valence-electron chi connectivity index (χ2n) is 6.83. The van der Waals surface area contributed by atoms with Crippen LogP contribution in [-0.2, 0) is 13.0 Å². The first-order chi connectivity index (χ1) is 13.4. The standard InChI is InChI=1S/C22H30N4O2/c1-23-22(26(4)16-18-9-11-20(28-5)12-10-18)24-14-13-17-7-6-8-19(15-17)21(27)25(2)3/h6-12,15H,13-14,16H2,1-5H3,(H,23,24). The van der Waals surface area contributed by atoms with Gasteiger partial charge in [0.2, 0.25) is 0 Å². The molecule has 1 amide bonds. The van der Waals surface area contributed by atoms with E-state index in [9.17, 15) is 4.79 Å². The molecule has 0 aliphatic carbocycles. The van der Waals surface area contributed by atoms with Gasteiger partial charge in [-0.3, -0.25) is 9.79 Å². The summed E-state index contributed by atoms with van der Waals surface area (Å²) in [6, 6.07) is 15.8. The Hall–Kier alpha value is -3.02. The molecule has 2 aromatic carbocycles. The van der Waals surface area contributed by atoms with Crippen LogP contribution in [0.1, 0.15) is 21.5 Å². The van der Waals surface area contributed by atoms with Crippen molar-refractivity contribution in [1.82, 2.24) is 15.1 Å². The predicted molar refractivity (Wildman–Crippen MR) is 114 cm³/mol. The van der Waals surface area contributed by atoms with E-state index < -0.39 is 0 Å². The zero-order valence-electron chi connectivity index (χ0n) is 17.4. The minimum atomic E-state index is 0.0184. The molecule has 0 aromatic heterocycles. The van der Waals surface area contributed by atoms with Crippen LogP contribution in [0.2, 0.25) is 0 Å². The Morgan fingerprint density at radius 3 is 2.39 bits per heavy atom. The summed E-state index contributed by atoms with van der Waals surface area (Å²) in [4.78, 5) is 20.1. The average molecular weight is 383 g/mol. The van der Waals surface area contributed by atoms with Crippen molar-refractivity contribution in [2.75, 3.05) is 41.8 Å². The lowest BCUT2D eigenvalue weighted by atomic mass is 10.1. The smallest absolute Gasteiger partial charge is 0.253 e. The Balaban J connectivity index is 1.89. The van der Waals surface area contributed by atoms with Crippen LogP contribution in [0.4, 0.5) is 0 Å². The molecule has 150 valence electrons. The number of carbonyl (C=O) groups is 1. The number of ether oxygens (including phenoxy) is 1. The minimum Gasteiger partial charge on any atom is -0.497 e. The highest BCUT2D eigenvalue weighted by molar-refractivity contribution is 5.94. The summed E-state index contributed by atoms with van der Waals surface area (Å²) in [5.41, 5.74) is 3.01. The van der Waals surface area contributed by atoms with E-state index in [4.69, 9.17) is 4.74 Å². The second kappa shape index (κ2) is 10.3. The van der Waals surface area contributed by atoms with Crippen LogP contribution in [0.15, 0.2) is 53.5 Å². The molecule has 0 spiro atoms. The van der Waals surface area contributed by atoms with E-state index in [0.717, 1.165) is 36.8 Å². The number of benzene rings is 2. The Morgan fingerprint density at radius 2 is 1.79 bits per heavy atom. The summed E-state index contributed by atoms with van der Waals surface area (Å²) < 4.78 is 5.20. The third-order valence-electron chi connectivity index (χ3n) is 4.43. The molecule has 0 saturated carbocycles. The number of amides is 1. The maximum Gasteiger partial charge on any atom is 0.253 e. The second-order valence-corrected chi connectivity index (χ2v) is 6.83. The van der Waals surface area contributed by atoms with Crippen molar-refractivity contribution in [1.29, 1.82) is 0 Å². The first-order valence-corrected chi connectivity index (χ1v) is 9.30. The summed E-state index contributed by atoms with van der Waals surface area (Å²) in [7, 11) is 8.98. The maximum atomic E-state index is 12.1. The molecule has 1 N–H and O–H groups in total. The van der Waals surface area contributed by atoms with Crippen LogP contribution in [0.3, 0.4) is 0 Å². The molecule has 0 aliphatic heterocycles. The highest BCUT2D eigenvalue weighted by Crippen LogP contribution is 2.12. The zero-order chi connectivity index (χ0) is 20.5. The Bertz CT molecular complexity index is 800. The molecule has 0 unspecified atom stereocenters. The van der Waals surface area contributed by atoms with E-state index in [2.05, 4.69) is 27.3 Å². The highest BCUT2D eigenvalue weighted by Gasteiger charge is 2.09. The molecule has 0 aliphatic rings. The topological polar surface area (TPSA) is 57.2 Å². The molecule has 6 heteroatoms. The van der Waals surface area contributed by atoms with Crippen molar-refractivity contribution < 1.29 is 9.53 Å². The van der Waals surface area contributed by atoms with Gasteiger partial charge in [0.15, 0.2) is 5.96 Å². The van der Waals surface area contributed by atoms with Crippen molar-refractivity contribution in [2.24, 2.45) is 4.99 Å². The molecular formula is C22H30N4O2. The van der Waals surface area contributed by atoms with E-state index >= 15 is 0 Å². The van der Waals surface area contributed by atoms with Crippen LogP contribution < -0.4 is 10.1 Å². The van der Waals surface area contributed by atoms with Crippen LogP contribution in [0.25, 0.3) is 0 Å². The van der Waals surface area contributed by atoms with Crippen LogP contribution >= 0.6 is 0 Å². The number of carbonyl (C=O) groups excluding carboxylic acids is 1. The molecule has 0 bridgehead atoms. The third-order valence-corrected chi connectivity index (χ3v) is 4.43. The van der Waals surface area contributed by atoms with E-state index in [1.165, 1.54) is 5.56 Å².